The van der Waals surface area contributed by atoms with E-state index in [1.165, 1.54) is 0 Å². The zero-order valence-electron chi connectivity index (χ0n) is 7.82. The van der Waals surface area contributed by atoms with Crippen molar-refractivity contribution in [3.8, 4) is 0 Å². The summed E-state index contributed by atoms with van der Waals surface area (Å²) in [5, 5.41) is 4.93. The first kappa shape index (κ1) is 13.5. The van der Waals surface area contributed by atoms with Gasteiger partial charge in [0.15, 0.2) is 0 Å². The minimum Gasteiger partial charge on any atom is -0.343 e. The molecule has 0 bridgehead atoms. The Balaban J connectivity index is 3.28. The molecule has 0 heterocycles. The highest BCUT2D eigenvalue weighted by Gasteiger charge is 2.02. The molecule has 0 rings (SSSR count). The van der Waals surface area contributed by atoms with E-state index in [0.29, 0.717) is 25.7 Å². The van der Waals surface area contributed by atoms with Gasteiger partial charge in [-0.1, -0.05) is 0 Å². The van der Waals surface area contributed by atoms with Crippen molar-refractivity contribution in [2.24, 2.45) is 0 Å². The van der Waals surface area contributed by atoms with Gasteiger partial charge in [-0.3, -0.25) is 9.59 Å². The Labute approximate surface area is 93.3 Å². The third kappa shape index (κ3) is 8.13. The normalized spacial score (nSPS) is 9.57. The van der Waals surface area contributed by atoms with Crippen LogP contribution in [0.2, 0.25) is 0 Å². The summed E-state index contributed by atoms with van der Waals surface area (Å²) in [6.45, 7) is 0. The third-order valence-electron chi connectivity index (χ3n) is 1.59. The van der Waals surface area contributed by atoms with E-state index in [1.807, 2.05) is 0 Å². The average molecular weight is 241 g/mol. The molecule has 82 valence electrons. The first-order valence-electron chi connectivity index (χ1n) is 4.36. The molecule has 2 amide bonds. The Morgan fingerprint density at radius 3 is 1.50 bits per heavy atom. The van der Waals surface area contributed by atoms with Crippen LogP contribution in [0.4, 0.5) is 0 Å². The van der Waals surface area contributed by atoms with Crippen LogP contribution >= 0.6 is 23.2 Å². The first-order valence-corrected chi connectivity index (χ1v) is 5.43. The second-order valence-corrected chi connectivity index (χ2v) is 3.21. The molecule has 4 nitrogen and oxygen atoms in total. The maximum Gasteiger partial charge on any atom is 0.220 e. The molecule has 0 aliphatic carbocycles. The van der Waals surface area contributed by atoms with E-state index in [1.54, 1.807) is 0 Å². The molecule has 0 saturated heterocycles. The molecular weight excluding hydrogens is 227 g/mol. The predicted octanol–water partition coefficient (Wildman–Crippen LogP) is 1.17. The Hall–Kier alpha value is -0.480. The minimum atomic E-state index is -0.0854. The Kier molecular flexibility index (Phi) is 8.78. The molecule has 0 aromatic rings. The van der Waals surface area contributed by atoms with E-state index < -0.39 is 0 Å². The molecule has 0 aliphatic heterocycles. The summed E-state index contributed by atoms with van der Waals surface area (Å²) in [6.07, 6.45) is 2.17. The lowest BCUT2D eigenvalue weighted by molar-refractivity contribution is -0.122. The van der Waals surface area contributed by atoms with Crippen molar-refractivity contribution in [1.82, 2.24) is 10.6 Å². The van der Waals surface area contributed by atoms with Crippen molar-refractivity contribution in [2.45, 2.75) is 25.7 Å². The summed E-state index contributed by atoms with van der Waals surface area (Å²) in [6, 6.07) is 0.261. The van der Waals surface area contributed by atoms with Crippen molar-refractivity contribution < 1.29 is 9.59 Å². The number of carbonyl (C=O) groups excluding carboxylic acids is 2. The van der Waals surface area contributed by atoms with Gasteiger partial charge in [-0.2, -0.15) is 0 Å². The molecule has 0 aliphatic rings. The molecule has 6 heteroatoms. The quantitative estimate of drug-likeness (QED) is 0.399. The van der Waals surface area contributed by atoms with Gasteiger partial charge in [0.2, 0.25) is 11.8 Å². The van der Waals surface area contributed by atoms with Crippen molar-refractivity contribution in [1.29, 1.82) is 0 Å². The van der Waals surface area contributed by atoms with Crippen molar-refractivity contribution in [3.05, 3.63) is 0 Å². The Morgan fingerprint density at radius 2 is 1.21 bits per heavy atom. The van der Waals surface area contributed by atoms with Crippen LogP contribution in [0.1, 0.15) is 25.7 Å². The maximum atomic E-state index is 10.9. The lowest BCUT2D eigenvalue weighted by Crippen LogP contribution is -2.22. The highest BCUT2D eigenvalue weighted by atomic mass is 35.5. The summed E-state index contributed by atoms with van der Waals surface area (Å²) < 4.78 is 0. The molecule has 0 aromatic heterocycles. The summed E-state index contributed by atoms with van der Waals surface area (Å²) >= 11 is 10.6. The number of carbonyl (C=O) groups is 2. The van der Waals surface area contributed by atoms with E-state index in [-0.39, 0.29) is 23.8 Å². The number of halogens is 2. The van der Waals surface area contributed by atoms with Gasteiger partial charge < -0.3 is 10.6 Å². The van der Waals surface area contributed by atoms with E-state index in [0.717, 1.165) is 0 Å². The van der Waals surface area contributed by atoms with Crippen molar-refractivity contribution in [3.63, 3.8) is 0 Å². The SMILES string of the molecule is O=C(CCCCC(=O)NCCl)NCCl. The van der Waals surface area contributed by atoms with Gasteiger partial charge in [0.1, 0.15) is 0 Å². The number of rotatable bonds is 7. The Morgan fingerprint density at radius 1 is 0.857 bits per heavy atom. The molecule has 0 unspecified atom stereocenters. The summed E-state index contributed by atoms with van der Waals surface area (Å²) in [4.78, 5) is 21.8. The number of alkyl halides is 2. The minimum absolute atomic E-state index is 0.0854. The van der Waals surface area contributed by atoms with E-state index in [4.69, 9.17) is 23.2 Å². The van der Waals surface area contributed by atoms with Crippen LogP contribution in [0.15, 0.2) is 0 Å². The summed E-state index contributed by atoms with van der Waals surface area (Å²) in [5.74, 6) is -0.171. The number of hydrogen-bond acceptors (Lipinski definition) is 2. The van der Waals surface area contributed by atoms with Crippen molar-refractivity contribution >= 4 is 35.0 Å². The van der Waals surface area contributed by atoms with Crippen LogP contribution in [0, 0.1) is 0 Å². The first-order chi connectivity index (χ1) is 6.70. The number of nitrogens with one attached hydrogen (secondary N) is 2. The molecule has 0 saturated carbocycles. The van der Waals surface area contributed by atoms with Gasteiger partial charge in [0.05, 0.1) is 12.0 Å². The molecule has 2 N–H and O–H groups in total. The van der Waals surface area contributed by atoms with Crippen molar-refractivity contribution in [2.75, 3.05) is 12.0 Å². The van der Waals surface area contributed by atoms with Crippen LogP contribution in [-0.4, -0.2) is 23.8 Å². The Bertz CT molecular complexity index is 168. The van der Waals surface area contributed by atoms with Crippen LogP contribution < -0.4 is 10.6 Å². The maximum absolute atomic E-state index is 10.9. The van der Waals surface area contributed by atoms with Crippen LogP contribution in [0.25, 0.3) is 0 Å². The van der Waals surface area contributed by atoms with E-state index >= 15 is 0 Å². The van der Waals surface area contributed by atoms with Gasteiger partial charge in [0.25, 0.3) is 0 Å². The van der Waals surface area contributed by atoms with Gasteiger partial charge in [-0.15, -0.1) is 23.2 Å². The fraction of sp³-hybridized carbons (Fsp3) is 0.750. The smallest absolute Gasteiger partial charge is 0.220 e. The average Bonchev–Trinajstić information content (AvgIpc) is 2.13. The second-order valence-electron chi connectivity index (χ2n) is 2.67. The summed E-state index contributed by atoms with van der Waals surface area (Å²) in [7, 11) is 0. The number of hydrogen-bond donors (Lipinski definition) is 2. The predicted molar refractivity (Wildman–Crippen MR) is 56.2 cm³/mol. The third-order valence-corrected chi connectivity index (χ3v) is 1.85. The van der Waals surface area contributed by atoms with E-state index in [2.05, 4.69) is 10.6 Å². The molecule has 0 aromatic carbocycles. The molecule has 0 radical (unpaired) electrons. The van der Waals surface area contributed by atoms with Crippen LogP contribution in [0.5, 0.6) is 0 Å². The standard InChI is InChI=1S/C8H14Cl2N2O2/c9-5-11-7(13)3-1-2-4-8(14)12-6-10/h1-6H2,(H,11,13)(H,12,14). The second kappa shape index (κ2) is 9.09. The topological polar surface area (TPSA) is 58.2 Å². The highest BCUT2D eigenvalue weighted by Crippen LogP contribution is 1.99. The lowest BCUT2D eigenvalue weighted by atomic mass is 10.2. The monoisotopic (exact) mass is 240 g/mol. The molecule has 0 spiro atoms. The van der Waals surface area contributed by atoms with Crippen LogP contribution in [0.3, 0.4) is 0 Å². The van der Waals surface area contributed by atoms with Gasteiger partial charge in [0, 0.05) is 12.8 Å². The van der Waals surface area contributed by atoms with Gasteiger partial charge >= 0.3 is 0 Å². The molecule has 0 atom stereocenters. The number of amides is 2. The van der Waals surface area contributed by atoms with Gasteiger partial charge in [-0.25, -0.2) is 0 Å². The summed E-state index contributed by atoms with van der Waals surface area (Å²) in [5.41, 5.74) is 0. The number of unbranched alkanes of at least 4 members (excludes halogenated alkanes) is 1. The molecular formula is C8H14Cl2N2O2. The fourth-order valence-electron chi connectivity index (χ4n) is 0.897. The highest BCUT2D eigenvalue weighted by molar-refractivity contribution is 6.18. The van der Waals surface area contributed by atoms with Gasteiger partial charge in [-0.05, 0) is 12.8 Å². The van der Waals surface area contributed by atoms with Crippen LogP contribution in [-0.2, 0) is 9.59 Å². The largest absolute Gasteiger partial charge is 0.343 e. The lowest BCUT2D eigenvalue weighted by Gasteiger charge is -2.01. The molecule has 14 heavy (non-hydrogen) atoms. The van der Waals surface area contributed by atoms with E-state index in [9.17, 15) is 9.59 Å². The zero-order chi connectivity index (χ0) is 10.8. The fourth-order valence-corrected chi connectivity index (χ4v) is 1.20. The molecule has 0 fully saturated rings. The zero-order valence-corrected chi connectivity index (χ0v) is 9.33.